The van der Waals surface area contributed by atoms with Crippen molar-refractivity contribution in [1.29, 1.82) is 0 Å². The maximum absolute atomic E-state index is 12.0. The van der Waals surface area contributed by atoms with Crippen molar-refractivity contribution in [3.63, 3.8) is 0 Å². The lowest BCUT2D eigenvalue weighted by Crippen LogP contribution is -2.27. The van der Waals surface area contributed by atoms with Crippen LogP contribution in [0.4, 0.5) is 0 Å². The highest BCUT2D eigenvalue weighted by molar-refractivity contribution is 6.36. The molecule has 0 radical (unpaired) electrons. The summed E-state index contributed by atoms with van der Waals surface area (Å²) in [7, 11) is 0. The van der Waals surface area contributed by atoms with E-state index in [1.54, 1.807) is 18.2 Å². The predicted molar refractivity (Wildman–Crippen MR) is 97.5 cm³/mol. The van der Waals surface area contributed by atoms with Crippen LogP contribution in [-0.4, -0.2) is 22.0 Å². The van der Waals surface area contributed by atoms with Gasteiger partial charge < -0.3 is 9.88 Å². The second-order valence-electron chi connectivity index (χ2n) is 5.51. The zero-order valence-corrected chi connectivity index (χ0v) is 14.5. The first-order chi connectivity index (χ1) is 11.6. The van der Waals surface area contributed by atoms with Gasteiger partial charge in [-0.05, 0) is 36.2 Å². The Kier molecular flexibility index (Phi) is 5.38. The van der Waals surface area contributed by atoms with E-state index in [4.69, 9.17) is 23.2 Å². The fourth-order valence-electron chi connectivity index (χ4n) is 2.59. The molecule has 6 heteroatoms. The van der Waals surface area contributed by atoms with Gasteiger partial charge >= 0.3 is 0 Å². The van der Waals surface area contributed by atoms with Crippen molar-refractivity contribution >= 4 is 40.1 Å². The molecular weight excluding hydrogens is 345 g/mol. The number of benzene rings is 2. The summed E-state index contributed by atoms with van der Waals surface area (Å²) in [6, 6.07) is 13.2. The molecule has 124 valence electrons. The van der Waals surface area contributed by atoms with Crippen molar-refractivity contribution in [3.05, 3.63) is 64.4 Å². The molecule has 4 nitrogen and oxygen atoms in total. The number of aromatic nitrogens is 2. The van der Waals surface area contributed by atoms with Crippen LogP contribution in [0.3, 0.4) is 0 Å². The number of amides is 1. The first-order valence-electron chi connectivity index (χ1n) is 7.74. The maximum atomic E-state index is 12.0. The molecule has 1 N–H and O–H groups in total. The van der Waals surface area contributed by atoms with E-state index < -0.39 is 0 Å². The number of halogens is 2. The van der Waals surface area contributed by atoms with Gasteiger partial charge in [0, 0.05) is 23.1 Å². The Morgan fingerprint density at radius 1 is 1.08 bits per heavy atom. The van der Waals surface area contributed by atoms with Crippen molar-refractivity contribution in [3.8, 4) is 0 Å². The third-order valence-corrected chi connectivity index (χ3v) is 4.53. The van der Waals surface area contributed by atoms with Gasteiger partial charge in [0.05, 0.1) is 23.8 Å². The summed E-state index contributed by atoms with van der Waals surface area (Å²) in [5, 5.41) is 3.94. The Morgan fingerprint density at radius 2 is 1.83 bits per heavy atom. The van der Waals surface area contributed by atoms with Gasteiger partial charge in [-0.25, -0.2) is 4.98 Å². The molecule has 1 aromatic heterocycles. The Bertz CT molecular complexity index is 840. The van der Waals surface area contributed by atoms with Crippen LogP contribution in [0.25, 0.3) is 11.0 Å². The summed E-state index contributed by atoms with van der Waals surface area (Å²) in [5.41, 5.74) is 2.75. The van der Waals surface area contributed by atoms with Crippen LogP contribution in [-0.2, 0) is 17.8 Å². The van der Waals surface area contributed by atoms with Gasteiger partial charge in [-0.2, -0.15) is 0 Å². The Balaban J connectivity index is 1.49. The lowest BCUT2D eigenvalue weighted by molar-refractivity contribution is -0.120. The summed E-state index contributed by atoms with van der Waals surface area (Å²) in [6.07, 6.45) is 2.84. The van der Waals surface area contributed by atoms with Gasteiger partial charge in [0.2, 0.25) is 5.91 Å². The summed E-state index contributed by atoms with van der Waals surface area (Å²) >= 11 is 12.2. The number of nitrogens with one attached hydrogen (secondary N) is 1. The Morgan fingerprint density at radius 3 is 2.62 bits per heavy atom. The van der Waals surface area contributed by atoms with E-state index in [-0.39, 0.29) is 12.3 Å². The van der Waals surface area contributed by atoms with Crippen LogP contribution in [0.15, 0.2) is 48.8 Å². The Labute approximate surface area is 150 Å². The van der Waals surface area contributed by atoms with Crippen LogP contribution in [0.1, 0.15) is 12.0 Å². The van der Waals surface area contributed by atoms with Crippen molar-refractivity contribution in [2.45, 2.75) is 19.4 Å². The van der Waals surface area contributed by atoms with Crippen LogP contribution in [0, 0.1) is 0 Å². The molecule has 3 aromatic rings. The fraction of sp³-hybridized carbons (Fsp3) is 0.222. The van der Waals surface area contributed by atoms with E-state index >= 15 is 0 Å². The number of rotatable bonds is 6. The molecule has 0 saturated carbocycles. The number of imidazole rings is 1. The number of aryl methyl sites for hydroxylation is 1. The second kappa shape index (κ2) is 7.69. The molecule has 0 spiro atoms. The van der Waals surface area contributed by atoms with Gasteiger partial charge in [-0.3, -0.25) is 4.79 Å². The Hall–Kier alpha value is -2.04. The lowest BCUT2D eigenvalue weighted by atomic mass is 10.1. The van der Waals surface area contributed by atoms with Gasteiger partial charge in [-0.15, -0.1) is 0 Å². The van der Waals surface area contributed by atoms with Crippen LogP contribution in [0.2, 0.25) is 10.0 Å². The smallest absolute Gasteiger partial charge is 0.224 e. The summed E-state index contributed by atoms with van der Waals surface area (Å²) < 4.78 is 2.09. The normalized spacial score (nSPS) is 10.9. The highest BCUT2D eigenvalue weighted by atomic mass is 35.5. The predicted octanol–water partition coefficient (Wildman–Crippen LogP) is 4.09. The number of nitrogens with zero attached hydrogens (tertiary/aromatic N) is 2. The molecule has 24 heavy (non-hydrogen) atoms. The molecule has 3 rings (SSSR count). The molecule has 1 heterocycles. The molecule has 0 aliphatic rings. The number of fused-ring (bicyclic) bond motifs is 1. The van der Waals surface area contributed by atoms with Gasteiger partial charge in [-0.1, -0.05) is 41.4 Å². The minimum Gasteiger partial charge on any atom is -0.356 e. The molecule has 0 aliphatic heterocycles. The maximum Gasteiger partial charge on any atom is 0.224 e. The molecule has 0 unspecified atom stereocenters. The molecule has 2 aromatic carbocycles. The number of hydrogen-bond acceptors (Lipinski definition) is 2. The second-order valence-corrected chi connectivity index (χ2v) is 6.32. The lowest BCUT2D eigenvalue weighted by Gasteiger charge is -2.09. The largest absolute Gasteiger partial charge is 0.356 e. The summed E-state index contributed by atoms with van der Waals surface area (Å²) in [4.78, 5) is 16.4. The molecular formula is C18H17Cl2N3O. The van der Waals surface area contributed by atoms with Crippen LogP contribution in [0.5, 0.6) is 0 Å². The molecule has 0 aliphatic carbocycles. The van der Waals surface area contributed by atoms with Crippen molar-refractivity contribution in [2.24, 2.45) is 0 Å². The van der Waals surface area contributed by atoms with Crippen molar-refractivity contribution in [1.82, 2.24) is 14.9 Å². The highest BCUT2D eigenvalue weighted by Crippen LogP contribution is 2.24. The van der Waals surface area contributed by atoms with Crippen LogP contribution >= 0.6 is 23.2 Å². The standard InChI is InChI=1S/C18H17Cl2N3O/c19-14-5-3-6-15(20)13(14)11-18(24)21-9-4-10-23-12-22-16-7-1-2-8-17(16)23/h1-3,5-8,12H,4,9-11H2,(H,21,24). The third kappa shape index (κ3) is 3.89. The minimum atomic E-state index is -0.0829. The third-order valence-electron chi connectivity index (χ3n) is 3.82. The number of carbonyl (C=O) groups is 1. The van der Waals surface area contributed by atoms with Gasteiger partial charge in [0.15, 0.2) is 0 Å². The van der Waals surface area contributed by atoms with Crippen molar-refractivity contribution < 1.29 is 4.79 Å². The van der Waals surface area contributed by atoms with Crippen molar-refractivity contribution in [2.75, 3.05) is 6.54 Å². The SMILES string of the molecule is O=C(Cc1c(Cl)cccc1Cl)NCCCn1cnc2ccccc21. The molecule has 1 amide bonds. The minimum absolute atomic E-state index is 0.0829. The monoisotopic (exact) mass is 361 g/mol. The van der Waals surface area contributed by atoms with Gasteiger partial charge in [0.1, 0.15) is 0 Å². The van der Waals surface area contributed by atoms with E-state index in [0.29, 0.717) is 22.2 Å². The quantitative estimate of drug-likeness (QED) is 0.672. The summed E-state index contributed by atoms with van der Waals surface area (Å²) in [6.45, 7) is 1.39. The van der Waals surface area contributed by atoms with E-state index in [2.05, 4.69) is 14.9 Å². The van der Waals surface area contributed by atoms with E-state index in [1.165, 1.54) is 0 Å². The molecule has 0 fully saturated rings. The van der Waals surface area contributed by atoms with Crippen LogP contribution < -0.4 is 5.32 Å². The first kappa shape index (κ1) is 16.8. The van der Waals surface area contributed by atoms with Gasteiger partial charge in [0.25, 0.3) is 0 Å². The number of carbonyl (C=O) groups excluding carboxylic acids is 1. The molecule has 0 saturated heterocycles. The highest BCUT2D eigenvalue weighted by Gasteiger charge is 2.10. The van der Waals surface area contributed by atoms with E-state index in [9.17, 15) is 4.79 Å². The fourth-order valence-corrected chi connectivity index (χ4v) is 3.12. The topological polar surface area (TPSA) is 46.9 Å². The zero-order chi connectivity index (χ0) is 16.9. The summed E-state index contributed by atoms with van der Waals surface area (Å²) in [5.74, 6) is -0.0829. The van der Waals surface area contributed by atoms with E-state index in [0.717, 1.165) is 24.0 Å². The zero-order valence-electron chi connectivity index (χ0n) is 13.0. The number of hydrogen-bond donors (Lipinski definition) is 1. The van der Waals surface area contributed by atoms with E-state index in [1.807, 2.05) is 30.6 Å². The average Bonchev–Trinajstić information content (AvgIpc) is 2.98. The molecule has 0 atom stereocenters. The molecule has 0 bridgehead atoms. The first-order valence-corrected chi connectivity index (χ1v) is 8.50. The number of para-hydroxylation sites is 2. The average molecular weight is 362 g/mol.